The van der Waals surface area contributed by atoms with E-state index in [2.05, 4.69) is 0 Å². The van der Waals surface area contributed by atoms with Crippen molar-refractivity contribution in [2.24, 2.45) is 0 Å². The van der Waals surface area contributed by atoms with Gasteiger partial charge in [0.25, 0.3) is 0 Å². The van der Waals surface area contributed by atoms with Gasteiger partial charge >= 0.3 is 15.5 Å². The summed E-state index contributed by atoms with van der Waals surface area (Å²) in [5, 5.41) is 11.2. The second-order valence-corrected chi connectivity index (χ2v) is 11.4. The molecule has 0 aromatic carbocycles. The van der Waals surface area contributed by atoms with E-state index < -0.39 is 33.8 Å². The molecule has 0 bridgehead atoms. The van der Waals surface area contributed by atoms with Crippen LogP contribution in [0, 0.1) is 5.21 Å². The van der Waals surface area contributed by atoms with Crippen molar-refractivity contribution in [1.29, 1.82) is 0 Å². The maximum Gasteiger partial charge on any atom is 0.549 e. The number of halogens is 3. The molecule has 1 heterocycles. The van der Waals surface area contributed by atoms with Crippen molar-refractivity contribution in [3.63, 3.8) is 0 Å². The van der Waals surface area contributed by atoms with Gasteiger partial charge in [-0.25, -0.2) is 0 Å². The standard InChI is InChI=1S/C9H18F3NO3PS/c1-17(6-3-2-4-7-17)8-5-13(14)18(15,16)9(10,11)12/h13H,2-8H2,1H3/q+1. The second kappa shape index (κ2) is 5.61. The van der Waals surface area contributed by atoms with Crippen molar-refractivity contribution in [3.8, 4) is 0 Å². The SMILES string of the molecule is C[P+]1(CC[NH+]([O-])S(=O)(=O)C(F)(F)F)CCCCC1. The van der Waals surface area contributed by atoms with Crippen LogP contribution in [0.25, 0.3) is 0 Å². The third-order valence-corrected chi connectivity index (χ3v) is 8.86. The number of quaternary nitrogens is 1. The van der Waals surface area contributed by atoms with E-state index in [1.807, 2.05) is 6.66 Å². The van der Waals surface area contributed by atoms with E-state index in [1.54, 1.807) is 0 Å². The van der Waals surface area contributed by atoms with Crippen LogP contribution in [0.2, 0.25) is 0 Å². The number of alkyl halides is 3. The lowest BCUT2D eigenvalue weighted by atomic mass is 10.3. The normalized spacial score (nSPS) is 22.7. The monoisotopic (exact) mass is 308 g/mol. The third kappa shape index (κ3) is 3.79. The van der Waals surface area contributed by atoms with E-state index in [0.717, 1.165) is 31.6 Å². The summed E-state index contributed by atoms with van der Waals surface area (Å²) in [5.41, 5.74) is -5.46. The van der Waals surface area contributed by atoms with Gasteiger partial charge in [-0.05, 0) is 19.3 Å². The van der Waals surface area contributed by atoms with E-state index in [1.165, 1.54) is 0 Å². The van der Waals surface area contributed by atoms with Crippen LogP contribution in [0.15, 0.2) is 0 Å². The lowest BCUT2D eigenvalue weighted by Gasteiger charge is -2.29. The van der Waals surface area contributed by atoms with Crippen molar-refractivity contribution >= 4 is 17.3 Å². The Hall–Kier alpha value is 0.0900. The molecule has 0 amide bonds. The minimum absolute atomic E-state index is 0.321. The summed E-state index contributed by atoms with van der Waals surface area (Å²) in [6, 6.07) is 0. The summed E-state index contributed by atoms with van der Waals surface area (Å²) in [6.45, 7) is 1.52. The summed E-state index contributed by atoms with van der Waals surface area (Å²) >= 11 is 0. The zero-order chi connectivity index (χ0) is 14.0. The predicted octanol–water partition coefficient (Wildman–Crippen LogP) is 1.05. The topological polar surface area (TPSA) is 61.6 Å². The Bertz CT molecular complexity index is 379. The molecular weight excluding hydrogens is 290 g/mol. The van der Waals surface area contributed by atoms with E-state index in [0.29, 0.717) is 6.16 Å². The molecule has 1 rings (SSSR count). The van der Waals surface area contributed by atoms with E-state index in [4.69, 9.17) is 0 Å². The van der Waals surface area contributed by atoms with Gasteiger partial charge in [0, 0.05) is 13.9 Å². The Labute approximate surface area is 106 Å². The van der Waals surface area contributed by atoms with Crippen molar-refractivity contribution in [2.45, 2.75) is 24.8 Å². The first-order valence-electron chi connectivity index (χ1n) is 5.76. The summed E-state index contributed by atoms with van der Waals surface area (Å²) in [6.07, 6.45) is 5.40. The highest BCUT2D eigenvalue weighted by atomic mass is 32.2. The van der Waals surface area contributed by atoms with Crippen molar-refractivity contribution in [2.75, 3.05) is 31.7 Å². The van der Waals surface area contributed by atoms with E-state index >= 15 is 0 Å². The Balaban J connectivity index is 2.58. The summed E-state index contributed by atoms with van der Waals surface area (Å²) in [7, 11) is -7.02. The van der Waals surface area contributed by atoms with Crippen LogP contribution >= 0.6 is 7.26 Å². The van der Waals surface area contributed by atoms with Crippen LogP contribution in [-0.4, -0.2) is 45.6 Å². The van der Waals surface area contributed by atoms with Crippen molar-refractivity contribution in [1.82, 2.24) is 0 Å². The number of hydrogen-bond donors (Lipinski definition) is 1. The van der Waals surface area contributed by atoms with Gasteiger partial charge in [-0.3, -0.25) is 4.47 Å². The number of rotatable bonds is 4. The Morgan fingerprint density at radius 2 is 1.72 bits per heavy atom. The van der Waals surface area contributed by atoms with Gasteiger partial charge in [-0.15, -0.1) is 0 Å². The van der Waals surface area contributed by atoms with Crippen LogP contribution in [0.5, 0.6) is 0 Å². The number of sulfonamides is 1. The van der Waals surface area contributed by atoms with Gasteiger partial charge in [-0.2, -0.15) is 21.6 Å². The largest absolute Gasteiger partial charge is 0.618 e. The molecule has 0 saturated carbocycles. The lowest BCUT2D eigenvalue weighted by Crippen LogP contribution is -3.11. The predicted molar refractivity (Wildman–Crippen MR) is 65.5 cm³/mol. The Kier molecular flexibility index (Phi) is 5.03. The first kappa shape index (κ1) is 16.1. The molecule has 0 spiro atoms. The molecule has 1 aliphatic rings. The number of nitrogens with one attached hydrogen (secondary N) is 1. The molecule has 0 aromatic heterocycles. The molecular formula is C9H18F3NO3PS+. The molecule has 1 saturated heterocycles. The van der Waals surface area contributed by atoms with Gasteiger partial charge in [0.2, 0.25) is 0 Å². The fraction of sp³-hybridized carbons (Fsp3) is 1.00. The fourth-order valence-corrected chi connectivity index (χ4v) is 6.29. The van der Waals surface area contributed by atoms with Crippen LogP contribution in [0.1, 0.15) is 19.3 Å². The van der Waals surface area contributed by atoms with Crippen molar-refractivity contribution in [3.05, 3.63) is 5.21 Å². The summed E-state index contributed by atoms with van der Waals surface area (Å²) < 4.78 is 56.5. The van der Waals surface area contributed by atoms with Crippen molar-refractivity contribution < 1.29 is 26.1 Å². The lowest BCUT2D eigenvalue weighted by molar-refractivity contribution is -0.708. The minimum Gasteiger partial charge on any atom is -0.618 e. The van der Waals surface area contributed by atoms with Gasteiger partial charge in [0.15, 0.2) is 0 Å². The maximum absolute atomic E-state index is 12.1. The summed E-state index contributed by atoms with van der Waals surface area (Å²) in [4.78, 5) is 0. The molecule has 1 fully saturated rings. The average Bonchev–Trinajstić information content (AvgIpc) is 2.25. The Morgan fingerprint density at radius 1 is 1.22 bits per heavy atom. The molecule has 1 aliphatic heterocycles. The molecule has 0 aliphatic carbocycles. The minimum atomic E-state index is -5.63. The molecule has 0 aromatic rings. The smallest absolute Gasteiger partial charge is 0.549 e. The zero-order valence-electron chi connectivity index (χ0n) is 10.2. The number of hydrogen-bond acceptors (Lipinski definition) is 3. The van der Waals surface area contributed by atoms with Crippen LogP contribution in [0.3, 0.4) is 0 Å². The summed E-state index contributed by atoms with van der Waals surface area (Å²) in [5.74, 6) is 0. The molecule has 0 radical (unpaired) electrons. The molecule has 108 valence electrons. The molecule has 4 nitrogen and oxygen atoms in total. The van der Waals surface area contributed by atoms with Gasteiger partial charge in [0.1, 0.15) is 12.7 Å². The van der Waals surface area contributed by atoms with Gasteiger partial charge < -0.3 is 5.21 Å². The number of hydroxylamine groups is 1. The highest BCUT2D eigenvalue weighted by Gasteiger charge is 2.52. The average molecular weight is 308 g/mol. The van der Waals surface area contributed by atoms with E-state index in [-0.39, 0.29) is 0 Å². The molecule has 1 unspecified atom stereocenters. The molecule has 1 atom stereocenters. The highest BCUT2D eigenvalue weighted by molar-refractivity contribution is 7.86. The van der Waals surface area contributed by atoms with E-state index in [9.17, 15) is 26.8 Å². The van der Waals surface area contributed by atoms with Crippen LogP contribution < -0.4 is 4.47 Å². The Morgan fingerprint density at radius 3 is 2.17 bits per heavy atom. The third-order valence-electron chi connectivity index (χ3n) is 3.36. The fourth-order valence-electron chi connectivity index (χ4n) is 2.12. The second-order valence-electron chi connectivity index (χ2n) is 4.92. The quantitative estimate of drug-likeness (QED) is 0.624. The van der Waals surface area contributed by atoms with Crippen LogP contribution in [0.4, 0.5) is 13.2 Å². The first-order valence-corrected chi connectivity index (χ1v) is 10.0. The molecule has 1 N–H and O–H groups in total. The highest BCUT2D eigenvalue weighted by Crippen LogP contribution is 2.58. The van der Waals surface area contributed by atoms with Crippen LogP contribution in [-0.2, 0) is 10.0 Å². The van der Waals surface area contributed by atoms with Gasteiger partial charge in [-0.1, -0.05) is 0 Å². The van der Waals surface area contributed by atoms with Gasteiger partial charge in [0.05, 0.1) is 12.3 Å². The molecule has 18 heavy (non-hydrogen) atoms. The zero-order valence-corrected chi connectivity index (χ0v) is 11.9. The first-order chi connectivity index (χ1) is 8.08. The maximum atomic E-state index is 12.1. The molecule has 9 heteroatoms.